The molecule has 1 aliphatic heterocycles. The number of hydrogen-bond donors (Lipinski definition) is 2. The number of hydrogen-bond acceptors (Lipinski definition) is 6. The molecule has 13 heteroatoms. The van der Waals surface area contributed by atoms with Gasteiger partial charge in [-0.1, -0.05) is 23.2 Å². The molecule has 1 aliphatic carbocycles. The van der Waals surface area contributed by atoms with Crippen LogP contribution in [-0.4, -0.2) is 43.8 Å². The van der Waals surface area contributed by atoms with Crippen molar-refractivity contribution >= 4 is 46.6 Å². The van der Waals surface area contributed by atoms with E-state index in [4.69, 9.17) is 28.0 Å². The van der Waals surface area contributed by atoms with Crippen LogP contribution in [0.4, 0.5) is 24.5 Å². The zero-order valence-electron chi connectivity index (χ0n) is 16.6. The zero-order valence-corrected chi connectivity index (χ0v) is 18.1. The number of alkyl halides is 3. The smallest absolute Gasteiger partial charge is 0.383 e. The highest BCUT2D eigenvalue weighted by molar-refractivity contribution is 6.31. The van der Waals surface area contributed by atoms with Gasteiger partial charge in [0.15, 0.2) is 10.8 Å². The van der Waals surface area contributed by atoms with Gasteiger partial charge in [0.05, 0.1) is 40.2 Å². The number of primary amides is 1. The molecule has 0 bridgehead atoms. The third kappa shape index (κ3) is 3.44. The average molecular weight is 489 g/mol. The fourth-order valence-corrected chi connectivity index (χ4v) is 4.32. The Morgan fingerprint density at radius 3 is 2.44 bits per heavy atom. The van der Waals surface area contributed by atoms with Gasteiger partial charge in [0, 0.05) is 12.6 Å². The Morgan fingerprint density at radius 1 is 1.22 bits per heavy atom. The topological polar surface area (TPSA) is 110 Å². The van der Waals surface area contributed by atoms with Gasteiger partial charge in [-0.15, -0.1) is 0 Å². The molecule has 32 heavy (non-hydrogen) atoms. The summed E-state index contributed by atoms with van der Waals surface area (Å²) in [6.07, 6.45) is -0.400. The van der Waals surface area contributed by atoms with Gasteiger partial charge in [-0.25, -0.2) is 9.50 Å². The Balaban J connectivity index is 0.000000775. The predicted molar refractivity (Wildman–Crippen MR) is 111 cm³/mol. The van der Waals surface area contributed by atoms with Crippen molar-refractivity contribution in [2.75, 3.05) is 11.4 Å². The van der Waals surface area contributed by atoms with Gasteiger partial charge in [0.1, 0.15) is 11.0 Å². The normalized spacial score (nSPS) is 21.2. The van der Waals surface area contributed by atoms with E-state index in [9.17, 15) is 18.3 Å². The zero-order chi connectivity index (χ0) is 23.5. The number of fused-ring (bicyclic) bond motifs is 3. The summed E-state index contributed by atoms with van der Waals surface area (Å²) < 4.78 is 43.6. The minimum Gasteiger partial charge on any atom is -0.383 e. The van der Waals surface area contributed by atoms with Crippen LogP contribution in [0.1, 0.15) is 31.2 Å². The number of anilines is 2. The van der Waals surface area contributed by atoms with Crippen molar-refractivity contribution in [2.24, 2.45) is 5.73 Å². The van der Waals surface area contributed by atoms with E-state index < -0.39 is 23.7 Å². The average Bonchev–Trinajstić information content (AvgIpc) is 3.19. The molecular weight excluding hydrogens is 472 g/mol. The van der Waals surface area contributed by atoms with E-state index in [1.54, 1.807) is 0 Å². The first-order chi connectivity index (χ1) is 14.9. The number of pyridine rings is 1. The van der Waals surface area contributed by atoms with Crippen LogP contribution in [0.15, 0.2) is 24.5 Å². The van der Waals surface area contributed by atoms with Crippen LogP contribution in [0, 0.1) is 0 Å². The van der Waals surface area contributed by atoms with Crippen molar-refractivity contribution in [1.29, 1.82) is 0 Å². The Bertz CT molecular complexity index is 1210. The number of halogens is 5. The second kappa shape index (κ2) is 7.46. The van der Waals surface area contributed by atoms with Crippen molar-refractivity contribution in [2.45, 2.75) is 37.0 Å². The maximum atomic E-state index is 14.2. The molecule has 3 aromatic heterocycles. The summed E-state index contributed by atoms with van der Waals surface area (Å²) in [5.74, 6) is 0. The maximum absolute atomic E-state index is 14.2. The molecule has 5 rings (SSSR count). The van der Waals surface area contributed by atoms with Gasteiger partial charge >= 0.3 is 6.18 Å². The molecule has 3 N–H and O–H groups in total. The van der Waals surface area contributed by atoms with Crippen LogP contribution < -0.4 is 10.6 Å². The lowest BCUT2D eigenvalue weighted by Gasteiger charge is -2.28. The van der Waals surface area contributed by atoms with Crippen LogP contribution >= 0.6 is 23.2 Å². The van der Waals surface area contributed by atoms with Crippen LogP contribution in [-0.2, 0) is 15.8 Å². The fraction of sp³-hybridized carbons (Fsp3) is 0.368. The van der Waals surface area contributed by atoms with E-state index >= 15 is 0 Å². The van der Waals surface area contributed by atoms with E-state index in [1.165, 1.54) is 29.4 Å². The Morgan fingerprint density at radius 2 is 1.88 bits per heavy atom. The molecule has 0 spiro atoms. The molecule has 0 unspecified atom stereocenters. The summed E-state index contributed by atoms with van der Waals surface area (Å²) in [6.45, 7) is 0.725. The molecule has 0 aromatic carbocycles. The number of nitrogens with two attached hydrogens (primary N) is 1. The van der Waals surface area contributed by atoms with Crippen molar-refractivity contribution in [3.63, 3.8) is 0 Å². The van der Waals surface area contributed by atoms with Crippen LogP contribution in [0.2, 0.25) is 10.2 Å². The Labute approximate surface area is 189 Å². The summed E-state index contributed by atoms with van der Waals surface area (Å²) in [5, 5.41) is 14.5. The highest BCUT2D eigenvalue weighted by Gasteiger charge is 2.60. The number of aliphatic hydroxyl groups is 1. The maximum Gasteiger partial charge on any atom is 0.401 e. The molecule has 1 fully saturated rings. The number of amides is 1. The largest absolute Gasteiger partial charge is 0.401 e. The first-order valence-corrected chi connectivity index (χ1v) is 10.1. The Hall–Kier alpha value is -2.63. The molecule has 1 atom stereocenters. The van der Waals surface area contributed by atoms with Crippen LogP contribution in [0.3, 0.4) is 0 Å². The minimum atomic E-state index is -4.55. The van der Waals surface area contributed by atoms with E-state index in [0.29, 0.717) is 24.2 Å². The standard InChI is InChI=1S/C18H14Cl2F3N5O.CH3NO/c1-16(18(21,22)23)8-27(9-4-10(19)14(25-6-9)17(29)2-3-17)11-7-24-13-5-12(20)26-28(13)15(11)16;2-1-3/h4-7,29H,2-3,8H2,1H3;1H,(H2,2,3)/t16-;/m1./s1. The number of nitrogens with zero attached hydrogens (tertiary/aromatic N) is 5. The highest BCUT2D eigenvalue weighted by atomic mass is 35.5. The van der Waals surface area contributed by atoms with E-state index in [2.05, 4.69) is 20.8 Å². The molecule has 8 nitrogen and oxygen atoms in total. The number of carbonyl (C=O) groups is 1. The number of carbonyl (C=O) groups excluding carboxylic acids is 1. The van der Waals surface area contributed by atoms with E-state index in [-0.39, 0.29) is 33.6 Å². The minimum absolute atomic E-state index is 0.0529. The van der Waals surface area contributed by atoms with Gasteiger partial charge in [-0.3, -0.25) is 9.78 Å². The van der Waals surface area contributed by atoms with Gasteiger partial charge in [0.2, 0.25) is 6.41 Å². The van der Waals surface area contributed by atoms with Crippen LogP contribution in [0.5, 0.6) is 0 Å². The number of rotatable bonds is 2. The predicted octanol–water partition coefficient (Wildman–Crippen LogP) is 3.49. The third-order valence-electron chi connectivity index (χ3n) is 5.65. The second-order valence-corrected chi connectivity index (χ2v) is 8.63. The molecule has 0 radical (unpaired) electrons. The van der Waals surface area contributed by atoms with Crippen molar-refractivity contribution in [3.8, 4) is 0 Å². The summed E-state index contributed by atoms with van der Waals surface area (Å²) in [6, 6.07) is 2.93. The molecule has 1 saturated carbocycles. The van der Waals surface area contributed by atoms with E-state index in [0.717, 1.165) is 11.4 Å². The molecule has 2 aliphatic rings. The first kappa shape index (κ1) is 22.6. The van der Waals surface area contributed by atoms with Gasteiger partial charge in [-0.2, -0.15) is 18.3 Å². The fourth-order valence-electron chi connectivity index (χ4n) is 3.81. The second-order valence-electron chi connectivity index (χ2n) is 7.84. The van der Waals surface area contributed by atoms with Gasteiger partial charge in [0.25, 0.3) is 0 Å². The van der Waals surface area contributed by atoms with E-state index in [1.807, 2.05) is 0 Å². The van der Waals surface area contributed by atoms with Crippen molar-refractivity contribution in [3.05, 3.63) is 46.1 Å². The van der Waals surface area contributed by atoms with Crippen molar-refractivity contribution in [1.82, 2.24) is 19.6 Å². The van der Waals surface area contributed by atoms with Crippen LogP contribution in [0.25, 0.3) is 5.65 Å². The lowest BCUT2D eigenvalue weighted by molar-refractivity contribution is -0.181. The first-order valence-electron chi connectivity index (χ1n) is 9.38. The molecule has 3 aromatic rings. The monoisotopic (exact) mass is 488 g/mol. The lowest BCUT2D eigenvalue weighted by Crippen LogP contribution is -2.43. The van der Waals surface area contributed by atoms with Crippen molar-refractivity contribution < 1.29 is 23.1 Å². The summed E-state index contributed by atoms with van der Waals surface area (Å²) >= 11 is 12.2. The third-order valence-corrected chi connectivity index (χ3v) is 6.12. The van der Waals surface area contributed by atoms with Gasteiger partial charge in [-0.05, 0) is 25.8 Å². The highest BCUT2D eigenvalue weighted by Crippen LogP contribution is 2.53. The Kier molecular flexibility index (Phi) is 5.26. The summed E-state index contributed by atoms with van der Waals surface area (Å²) in [5.41, 5.74) is 2.03. The summed E-state index contributed by atoms with van der Waals surface area (Å²) in [4.78, 5) is 18.5. The summed E-state index contributed by atoms with van der Waals surface area (Å²) in [7, 11) is 0. The quantitative estimate of drug-likeness (QED) is 0.534. The molecule has 4 heterocycles. The molecule has 0 saturated heterocycles. The lowest BCUT2D eigenvalue weighted by atomic mass is 9.87. The molecule has 170 valence electrons. The molecular formula is C19H17Cl2F3N6O2. The number of aromatic nitrogens is 4. The SMILES string of the molecule is C[C@@]1(C(F)(F)F)CN(c2cnc(C3(O)CC3)c(Cl)c2)c2cnc3cc(Cl)nn3c21.NC=O. The molecule has 1 amide bonds. The van der Waals surface area contributed by atoms with Gasteiger partial charge < -0.3 is 15.7 Å².